The molecule has 2 aromatic heterocycles. The van der Waals surface area contributed by atoms with Gasteiger partial charge in [0.2, 0.25) is 11.7 Å². The van der Waals surface area contributed by atoms with Crippen molar-refractivity contribution in [2.24, 2.45) is 5.92 Å². The fraction of sp³-hybridized carbons (Fsp3) is 0.400. The topological polar surface area (TPSA) is 90.7 Å². The van der Waals surface area contributed by atoms with E-state index in [9.17, 15) is 9.59 Å². The molecular formula is C25H32Cl3N5O3. The smallest absolute Gasteiger partial charge is 0.294 e. The second-order valence-electron chi connectivity index (χ2n) is 9.16. The first-order chi connectivity index (χ1) is 16.2. The summed E-state index contributed by atoms with van der Waals surface area (Å²) in [6.07, 6.45) is 5.01. The molecule has 2 heterocycles. The number of aromatic nitrogens is 1. The van der Waals surface area contributed by atoms with Crippen LogP contribution in [0.15, 0.2) is 40.9 Å². The number of benzene rings is 1. The van der Waals surface area contributed by atoms with Crippen LogP contribution in [-0.4, -0.2) is 55.9 Å². The Morgan fingerprint density at radius 3 is 2.28 bits per heavy atom. The molecule has 8 nitrogen and oxygen atoms in total. The van der Waals surface area contributed by atoms with Crippen LogP contribution in [0.1, 0.15) is 36.2 Å². The maximum absolute atomic E-state index is 13.2. The molecule has 0 saturated heterocycles. The Labute approximate surface area is 228 Å². The molecule has 1 aromatic carbocycles. The number of halogens is 3. The van der Waals surface area contributed by atoms with Crippen molar-refractivity contribution in [2.45, 2.75) is 31.7 Å². The zero-order chi connectivity index (χ0) is 24.4. The first-order valence-electron chi connectivity index (χ1n) is 11.4. The molecule has 0 unspecified atom stereocenters. The van der Waals surface area contributed by atoms with Crippen LogP contribution in [0.5, 0.6) is 0 Å². The molecule has 1 aliphatic carbocycles. The monoisotopic (exact) mass is 555 g/mol. The van der Waals surface area contributed by atoms with Crippen molar-refractivity contribution >= 4 is 76.4 Å². The summed E-state index contributed by atoms with van der Waals surface area (Å²) in [5, 5.41) is 6.89. The first-order valence-corrected chi connectivity index (χ1v) is 11.7. The van der Waals surface area contributed by atoms with Crippen LogP contribution in [0.4, 0.5) is 17.2 Å². The van der Waals surface area contributed by atoms with Crippen LogP contribution < -0.4 is 15.5 Å². The van der Waals surface area contributed by atoms with Crippen LogP contribution in [0, 0.1) is 5.92 Å². The second-order valence-corrected chi connectivity index (χ2v) is 9.59. The Morgan fingerprint density at radius 1 is 1.00 bits per heavy atom. The van der Waals surface area contributed by atoms with Crippen molar-refractivity contribution in [3.63, 3.8) is 0 Å². The minimum absolute atomic E-state index is 0. The average molecular weight is 557 g/mol. The molecule has 3 aromatic rings. The minimum atomic E-state index is -0.496. The third-order valence-electron chi connectivity index (χ3n) is 6.41. The Balaban J connectivity index is 0.00000228. The number of pyridine rings is 1. The molecular weight excluding hydrogens is 525 g/mol. The molecule has 2 amide bonds. The Bertz CT molecular complexity index is 1190. The lowest BCUT2D eigenvalue weighted by atomic mass is 9.85. The summed E-state index contributed by atoms with van der Waals surface area (Å²) in [6.45, 7) is 0. The molecule has 1 fully saturated rings. The molecule has 1 saturated carbocycles. The van der Waals surface area contributed by atoms with Gasteiger partial charge < -0.3 is 24.9 Å². The molecule has 196 valence electrons. The van der Waals surface area contributed by atoms with Crippen LogP contribution >= 0.6 is 36.4 Å². The first kappa shape index (κ1) is 29.7. The highest BCUT2D eigenvalue weighted by Gasteiger charge is 2.30. The lowest BCUT2D eigenvalue weighted by molar-refractivity contribution is -0.121. The fourth-order valence-corrected chi connectivity index (χ4v) is 4.46. The van der Waals surface area contributed by atoms with Crippen molar-refractivity contribution in [2.75, 3.05) is 43.7 Å². The molecule has 0 radical (unpaired) electrons. The Hall–Kier alpha value is -2.52. The van der Waals surface area contributed by atoms with E-state index in [0.717, 1.165) is 31.4 Å². The Morgan fingerprint density at radius 2 is 1.69 bits per heavy atom. The number of nitrogens with one attached hydrogen (secondary N) is 2. The standard InChI is InChI=1S/C25H30ClN5O3.2ClH/c1-30(2)17-8-5-15(6-9-17)24(32)29-22-19-13-18(31(3)4)10-11-20(19)34-23(22)25(33)28-21-12-7-16(26)14-27-21;;/h7,10-15,17H,5-6,8-9H2,1-4H3,(H,29,32)(H,27,28,33);2*1H. The number of carbonyl (C=O) groups excluding carboxylic acids is 2. The maximum Gasteiger partial charge on any atom is 0.294 e. The minimum Gasteiger partial charge on any atom is -0.449 e. The highest BCUT2D eigenvalue weighted by Crippen LogP contribution is 2.35. The summed E-state index contributed by atoms with van der Waals surface area (Å²) in [5.41, 5.74) is 1.83. The van der Waals surface area contributed by atoms with Crippen LogP contribution in [0.25, 0.3) is 11.0 Å². The third kappa shape index (κ3) is 6.62. The molecule has 0 spiro atoms. The molecule has 4 rings (SSSR count). The van der Waals surface area contributed by atoms with Gasteiger partial charge in [0.15, 0.2) is 0 Å². The number of fused-ring (bicyclic) bond motifs is 1. The van der Waals surface area contributed by atoms with Gasteiger partial charge in [-0.15, -0.1) is 24.8 Å². The molecule has 0 bridgehead atoms. The van der Waals surface area contributed by atoms with Gasteiger partial charge in [0.1, 0.15) is 17.1 Å². The van der Waals surface area contributed by atoms with Crippen molar-refractivity contribution in [1.29, 1.82) is 0 Å². The van der Waals surface area contributed by atoms with Gasteiger partial charge in [-0.1, -0.05) is 11.6 Å². The zero-order valence-electron chi connectivity index (χ0n) is 20.7. The van der Waals surface area contributed by atoms with Gasteiger partial charge in [0, 0.05) is 43.3 Å². The number of furan rings is 1. The van der Waals surface area contributed by atoms with Crippen molar-refractivity contribution < 1.29 is 14.0 Å². The number of amides is 2. The number of rotatable bonds is 6. The van der Waals surface area contributed by atoms with Gasteiger partial charge in [-0.25, -0.2) is 4.98 Å². The van der Waals surface area contributed by atoms with Gasteiger partial charge >= 0.3 is 0 Å². The second kappa shape index (κ2) is 12.6. The van der Waals surface area contributed by atoms with Crippen LogP contribution in [0.3, 0.4) is 0 Å². The highest BCUT2D eigenvalue weighted by atomic mass is 35.5. The fourth-order valence-electron chi connectivity index (χ4n) is 4.35. The molecule has 36 heavy (non-hydrogen) atoms. The van der Waals surface area contributed by atoms with E-state index in [2.05, 4.69) is 34.6 Å². The summed E-state index contributed by atoms with van der Waals surface area (Å²) < 4.78 is 5.92. The number of nitrogens with zero attached hydrogens (tertiary/aromatic N) is 3. The quantitative estimate of drug-likeness (QED) is 0.405. The molecule has 11 heteroatoms. The van der Waals surface area contributed by atoms with E-state index in [1.54, 1.807) is 18.2 Å². The van der Waals surface area contributed by atoms with Crippen molar-refractivity contribution in [3.8, 4) is 0 Å². The van der Waals surface area contributed by atoms with E-state index >= 15 is 0 Å². The van der Waals surface area contributed by atoms with E-state index in [1.807, 2.05) is 31.1 Å². The average Bonchev–Trinajstić information content (AvgIpc) is 3.18. The maximum atomic E-state index is 13.2. The lowest BCUT2D eigenvalue weighted by Crippen LogP contribution is -2.35. The predicted molar refractivity (Wildman–Crippen MR) is 150 cm³/mol. The van der Waals surface area contributed by atoms with E-state index in [-0.39, 0.29) is 42.4 Å². The molecule has 0 atom stereocenters. The van der Waals surface area contributed by atoms with Gasteiger partial charge in [-0.05, 0) is 70.1 Å². The van der Waals surface area contributed by atoms with E-state index in [0.29, 0.717) is 33.5 Å². The summed E-state index contributed by atoms with van der Waals surface area (Å²) in [7, 11) is 8.02. The lowest BCUT2D eigenvalue weighted by Gasteiger charge is -2.31. The van der Waals surface area contributed by atoms with E-state index in [4.69, 9.17) is 16.0 Å². The number of anilines is 3. The van der Waals surface area contributed by atoms with Crippen LogP contribution in [-0.2, 0) is 4.79 Å². The largest absolute Gasteiger partial charge is 0.449 e. The molecule has 0 aliphatic heterocycles. The normalized spacial score (nSPS) is 17.2. The summed E-state index contributed by atoms with van der Waals surface area (Å²) in [5.74, 6) is -0.314. The molecule has 1 aliphatic rings. The predicted octanol–water partition coefficient (Wildman–Crippen LogP) is 5.70. The van der Waals surface area contributed by atoms with Gasteiger partial charge in [0.25, 0.3) is 5.91 Å². The zero-order valence-corrected chi connectivity index (χ0v) is 23.1. The SMILES string of the molecule is CN(C)c1ccc2oc(C(=O)Nc3ccc(Cl)cn3)c(NC(=O)C3CCC(N(C)C)CC3)c2c1.Cl.Cl. The van der Waals surface area contributed by atoms with Crippen molar-refractivity contribution in [1.82, 2.24) is 9.88 Å². The third-order valence-corrected chi connectivity index (χ3v) is 6.63. The molecule has 2 N–H and O–H groups in total. The van der Waals surface area contributed by atoms with E-state index < -0.39 is 5.91 Å². The van der Waals surface area contributed by atoms with E-state index in [1.165, 1.54) is 6.20 Å². The number of hydrogen-bond donors (Lipinski definition) is 2. The van der Waals surface area contributed by atoms with Crippen LogP contribution in [0.2, 0.25) is 5.02 Å². The summed E-state index contributed by atoms with van der Waals surface area (Å²) >= 11 is 5.89. The van der Waals surface area contributed by atoms with Crippen molar-refractivity contribution in [3.05, 3.63) is 47.3 Å². The number of hydrogen-bond acceptors (Lipinski definition) is 6. The highest BCUT2D eigenvalue weighted by molar-refractivity contribution is 6.30. The summed E-state index contributed by atoms with van der Waals surface area (Å²) in [6, 6.07) is 9.36. The Kier molecular flexibility index (Phi) is 10.4. The summed E-state index contributed by atoms with van der Waals surface area (Å²) in [4.78, 5) is 34.7. The van der Waals surface area contributed by atoms with Gasteiger partial charge in [0.05, 0.1) is 5.02 Å². The number of carbonyl (C=O) groups is 2. The van der Waals surface area contributed by atoms with Gasteiger partial charge in [-0.3, -0.25) is 9.59 Å². The van der Waals surface area contributed by atoms with Gasteiger partial charge in [-0.2, -0.15) is 0 Å².